The monoisotopic (exact) mass is 459 g/mol. The number of nitrogen functional groups attached to an aromatic ring is 1. The predicted molar refractivity (Wildman–Crippen MR) is 121 cm³/mol. The van der Waals surface area contributed by atoms with E-state index in [1.165, 1.54) is 17.2 Å². The van der Waals surface area contributed by atoms with Crippen LogP contribution in [0.1, 0.15) is 23.2 Å². The second-order valence-electron chi connectivity index (χ2n) is 7.83. The van der Waals surface area contributed by atoms with Crippen molar-refractivity contribution in [2.75, 3.05) is 36.8 Å². The van der Waals surface area contributed by atoms with E-state index in [1.807, 2.05) is 11.4 Å². The summed E-state index contributed by atoms with van der Waals surface area (Å²) in [6.07, 6.45) is 1.88. The Labute approximate surface area is 187 Å². The number of halogens is 2. The van der Waals surface area contributed by atoms with E-state index in [4.69, 9.17) is 5.73 Å². The molecule has 7 nitrogen and oxygen atoms in total. The molecule has 0 spiro atoms. The highest BCUT2D eigenvalue weighted by molar-refractivity contribution is 7.04. The van der Waals surface area contributed by atoms with E-state index in [0.29, 0.717) is 12.5 Å². The molecule has 4 rings (SSSR count). The van der Waals surface area contributed by atoms with Crippen molar-refractivity contribution in [1.29, 1.82) is 0 Å². The SMILES string of the molecule is Nc1cc(F)c(F)cc1C(=O)NCC(=O)NCC1CCN(c2ccc3nscc3c2)CC1. The van der Waals surface area contributed by atoms with Crippen LogP contribution in [-0.2, 0) is 4.79 Å². The summed E-state index contributed by atoms with van der Waals surface area (Å²) in [6.45, 7) is 2.04. The van der Waals surface area contributed by atoms with Gasteiger partial charge in [-0.2, -0.15) is 4.37 Å². The molecule has 0 saturated carbocycles. The molecule has 2 heterocycles. The van der Waals surface area contributed by atoms with Crippen LogP contribution in [-0.4, -0.2) is 42.4 Å². The number of nitrogens with two attached hydrogens (primary N) is 1. The summed E-state index contributed by atoms with van der Waals surface area (Å²) >= 11 is 1.45. The van der Waals surface area contributed by atoms with Gasteiger partial charge in [-0.1, -0.05) is 0 Å². The van der Waals surface area contributed by atoms with Crippen LogP contribution in [0, 0.1) is 17.6 Å². The fraction of sp³-hybridized carbons (Fsp3) is 0.318. The lowest BCUT2D eigenvalue weighted by molar-refractivity contribution is -0.120. The Hall–Kier alpha value is -3.27. The maximum absolute atomic E-state index is 13.3. The van der Waals surface area contributed by atoms with Gasteiger partial charge in [-0.05, 0) is 54.6 Å². The fourth-order valence-corrected chi connectivity index (χ4v) is 4.42. The molecule has 1 aliphatic rings. The molecule has 1 aliphatic heterocycles. The zero-order valence-electron chi connectivity index (χ0n) is 17.2. The van der Waals surface area contributed by atoms with Crippen molar-refractivity contribution < 1.29 is 18.4 Å². The average molecular weight is 460 g/mol. The number of fused-ring (bicyclic) bond motifs is 1. The van der Waals surface area contributed by atoms with Crippen molar-refractivity contribution in [1.82, 2.24) is 15.0 Å². The number of rotatable bonds is 6. The van der Waals surface area contributed by atoms with E-state index in [9.17, 15) is 18.4 Å². The first kappa shape index (κ1) is 21.9. The number of carbonyl (C=O) groups excluding carboxylic acids is 2. The topological polar surface area (TPSA) is 100 Å². The molecule has 32 heavy (non-hydrogen) atoms. The lowest BCUT2D eigenvalue weighted by Crippen LogP contribution is -2.42. The number of benzene rings is 2. The van der Waals surface area contributed by atoms with E-state index >= 15 is 0 Å². The molecule has 4 N–H and O–H groups in total. The Morgan fingerprint density at radius 2 is 1.88 bits per heavy atom. The van der Waals surface area contributed by atoms with Gasteiger partial charge in [0.25, 0.3) is 5.91 Å². The third-order valence-corrected chi connectivity index (χ3v) is 6.32. The Bertz CT molecular complexity index is 1140. The van der Waals surface area contributed by atoms with Crippen molar-refractivity contribution in [3.8, 4) is 0 Å². The zero-order chi connectivity index (χ0) is 22.7. The van der Waals surface area contributed by atoms with Crippen molar-refractivity contribution >= 4 is 45.6 Å². The number of aromatic nitrogens is 1. The minimum absolute atomic E-state index is 0.192. The van der Waals surface area contributed by atoms with E-state index in [-0.39, 0.29) is 23.7 Å². The summed E-state index contributed by atoms with van der Waals surface area (Å²) < 4.78 is 30.8. The highest BCUT2D eigenvalue weighted by Crippen LogP contribution is 2.27. The maximum Gasteiger partial charge on any atom is 0.253 e. The van der Waals surface area contributed by atoms with Gasteiger partial charge in [-0.3, -0.25) is 9.59 Å². The number of hydrogen-bond acceptors (Lipinski definition) is 6. The molecular weight excluding hydrogens is 436 g/mol. The quantitative estimate of drug-likeness (QED) is 0.492. The minimum atomic E-state index is -1.17. The molecule has 0 aliphatic carbocycles. The van der Waals surface area contributed by atoms with Gasteiger partial charge in [-0.15, -0.1) is 0 Å². The Balaban J connectivity index is 1.20. The third-order valence-electron chi connectivity index (χ3n) is 5.66. The van der Waals surface area contributed by atoms with E-state index < -0.39 is 17.5 Å². The summed E-state index contributed by atoms with van der Waals surface area (Å²) in [5, 5.41) is 8.40. The lowest BCUT2D eigenvalue weighted by atomic mass is 9.96. The molecule has 10 heteroatoms. The van der Waals surface area contributed by atoms with E-state index in [0.717, 1.165) is 49.0 Å². The number of nitrogens with zero attached hydrogens (tertiary/aromatic N) is 2. The van der Waals surface area contributed by atoms with Crippen LogP contribution in [0.25, 0.3) is 10.9 Å². The van der Waals surface area contributed by atoms with Crippen LogP contribution >= 0.6 is 11.5 Å². The van der Waals surface area contributed by atoms with Crippen LogP contribution in [0.3, 0.4) is 0 Å². The summed E-state index contributed by atoms with van der Waals surface area (Å²) in [6, 6.07) is 7.75. The molecule has 1 saturated heterocycles. The average Bonchev–Trinajstić information content (AvgIpc) is 3.27. The molecule has 2 amide bonds. The van der Waals surface area contributed by atoms with Gasteiger partial charge in [0.05, 0.1) is 17.6 Å². The number of nitrogens with one attached hydrogen (secondary N) is 2. The Morgan fingerprint density at radius 1 is 1.12 bits per heavy atom. The number of carbonyl (C=O) groups is 2. The van der Waals surface area contributed by atoms with Crippen LogP contribution < -0.4 is 21.3 Å². The third kappa shape index (κ3) is 4.96. The van der Waals surface area contributed by atoms with Gasteiger partial charge in [0.2, 0.25) is 5.91 Å². The molecule has 3 aromatic rings. The molecule has 0 bridgehead atoms. The van der Waals surface area contributed by atoms with E-state index in [1.54, 1.807) is 0 Å². The normalized spacial score (nSPS) is 14.5. The molecule has 168 valence electrons. The van der Waals surface area contributed by atoms with Crippen molar-refractivity contribution in [2.24, 2.45) is 5.92 Å². The first-order valence-electron chi connectivity index (χ1n) is 10.3. The van der Waals surface area contributed by atoms with Crippen LogP contribution in [0.15, 0.2) is 35.7 Å². The number of piperidine rings is 1. The smallest absolute Gasteiger partial charge is 0.253 e. The van der Waals surface area contributed by atoms with Crippen LogP contribution in [0.5, 0.6) is 0 Å². The Kier molecular flexibility index (Phi) is 6.50. The first-order valence-corrected chi connectivity index (χ1v) is 11.1. The highest BCUT2D eigenvalue weighted by Gasteiger charge is 2.21. The lowest BCUT2D eigenvalue weighted by Gasteiger charge is -2.33. The highest BCUT2D eigenvalue weighted by atomic mass is 32.1. The van der Waals surface area contributed by atoms with Crippen LogP contribution in [0.2, 0.25) is 0 Å². The second kappa shape index (κ2) is 9.47. The minimum Gasteiger partial charge on any atom is -0.398 e. The largest absolute Gasteiger partial charge is 0.398 e. The molecule has 0 unspecified atom stereocenters. The number of anilines is 2. The fourth-order valence-electron chi connectivity index (χ4n) is 3.79. The predicted octanol–water partition coefficient (Wildman–Crippen LogP) is 2.92. The van der Waals surface area contributed by atoms with Gasteiger partial charge >= 0.3 is 0 Å². The number of hydrogen-bond donors (Lipinski definition) is 3. The standard InChI is InChI=1S/C22H23F2N5O2S/c23-17-8-16(19(25)9-18(17)24)22(31)27-11-21(30)26-10-13-3-5-29(6-4-13)15-1-2-20-14(7-15)12-32-28-20/h1-2,7-9,12-13H,3-6,10-11,25H2,(H,26,30)(H,27,31). The van der Waals surface area contributed by atoms with Gasteiger partial charge in [0.15, 0.2) is 11.6 Å². The first-order chi connectivity index (χ1) is 15.4. The van der Waals surface area contributed by atoms with E-state index in [2.05, 4.69) is 32.0 Å². The van der Waals surface area contributed by atoms with Crippen molar-refractivity contribution in [2.45, 2.75) is 12.8 Å². The van der Waals surface area contributed by atoms with Gasteiger partial charge in [0, 0.05) is 47.8 Å². The maximum atomic E-state index is 13.3. The number of amides is 2. The summed E-state index contributed by atoms with van der Waals surface area (Å²) in [4.78, 5) is 26.5. The summed E-state index contributed by atoms with van der Waals surface area (Å²) in [7, 11) is 0. The Morgan fingerprint density at radius 3 is 2.66 bits per heavy atom. The molecule has 1 fully saturated rings. The van der Waals surface area contributed by atoms with Crippen molar-refractivity contribution in [3.63, 3.8) is 0 Å². The second-order valence-corrected chi connectivity index (χ2v) is 8.46. The zero-order valence-corrected chi connectivity index (χ0v) is 18.1. The molecular formula is C22H23F2N5O2S. The van der Waals surface area contributed by atoms with Crippen molar-refractivity contribution in [3.05, 3.63) is 52.9 Å². The summed E-state index contributed by atoms with van der Waals surface area (Å²) in [5.74, 6) is -3.04. The molecule has 2 aromatic carbocycles. The van der Waals surface area contributed by atoms with Gasteiger partial charge in [0.1, 0.15) is 0 Å². The van der Waals surface area contributed by atoms with Gasteiger partial charge < -0.3 is 21.3 Å². The van der Waals surface area contributed by atoms with Gasteiger partial charge in [-0.25, -0.2) is 8.78 Å². The molecule has 0 atom stereocenters. The molecule has 0 radical (unpaired) electrons. The van der Waals surface area contributed by atoms with Crippen LogP contribution in [0.4, 0.5) is 20.2 Å². The summed E-state index contributed by atoms with van der Waals surface area (Å²) in [5.41, 5.74) is 7.34. The molecule has 1 aromatic heterocycles.